The quantitative estimate of drug-likeness (QED) is 0.649. The van der Waals surface area contributed by atoms with Gasteiger partial charge in [-0.2, -0.15) is 5.10 Å². The largest absolute Gasteiger partial charge is 0.387 e. The van der Waals surface area contributed by atoms with Crippen molar-refractivity contribution in [3.63, 3.8) is 0 Å². The summed E-state index contributed by atoms with van der Waals surface area (Å²) in [7, 11) is 1.90. The fraction of sp³-hybridized carbons (Fsp3) is 0.429. The number of aryl methyl sites for hydroxylation is 1. The Hall–Kier alpha value is -2.02. The molecule has 0 saturated carbocycles. The SMILES string of the molecule is Cn1ccc(-c2cc(Cl)c(Cl)c3[nH]c4c(c23)CC2(CCN(C(=O)CO)CC2)C4)n1. The maximum absolute atomic E-state index is 11.8. The summed E-state index contributed by atoms with van der Waals surface area (Å²) in [5, 5.41) is 15.9. The summed E-state index contributed by atoms with van der Waals surface area (Å²) in [5.41, 5.74) is 5.41. The van der Waals surface area contributed by atoms with Crippen molar-refractivity contribution in [1.82, 2.24) is 19.7 Å². The molecule has 1 amide bonds. The number of aliphatic hydroxyl groups is 1. The van der Waals surface area contributed by atoms with Gasteiger partial charge in [-0.15, -0.1) is 0 Å². The third-order valence-electron chi connectivity index (χ3n) is 6.57. The average Bonchev–Trinajstić information content (AvgIpc) is 3.38. The Morgan fingerprint density at radius 3 is 2.72 bits per heavy atom. The summed E-state index contributed by atoms with van der Waals surface area (Å²) in [5.74, 6) is -0.180. The Kier molecular flexibility index (Phi) is 4.42. The highest BCUT2D eigenvalue weighted by atomic mass is 35.5. The van der Waals surface area contributed by atoms with Gasteiger partial charge in [0.2, 0.25) is 5.91 Å². The van der Waals surface area contributed by atoms with Crippen LogP contribution in [0.15, 0.2) is 18.3 Å². The number of hydrogen-bond acceptors (Lipinski definition) is 3. The van der Waals surface area contributed by atoms with E-state index in [1.165, 1.54) is 11.3 Å². The van der Waals surface area contributed by atoms with Gasteiger partial charge in [-0.25, -0.2) is 0 Å². The third kappa shape index (κ3) is 2.97. The summed E-state index contributed by atoms with van der Waals surface area (Å²) >= 11 is 13.0. The molecule has 6 nitrogen and oxygen atoms in total. The van der Waals surface area contributed by atoms with E-state index in [2.05, 4.69) is 10.1 Å². The second-order valence-corrected chi connectivity index (χ2v) is 9.10. The van der Waals surface area contributed by atoms with Crippen LogP contribution in [-0.2, 0) is 24.7 Å². The number of aromatic nitrogens is 3. The molecular weight excluding hydrogens is 411 g/mol. The highest BCUT2D eigenvalue weighted by Gasteiger charge is 2.43. The van der Waals surface area contributed by atoms with Crippen molar-refractivity contribution in [2.24, 2.45) is 12.5 Å². The van der Waals surface area contributed by atoms with E-state index in [1.54, 1.807) is 9.58 Å². The molecule has 3 aromatic rings. The van der Waals surface area contributed by atoms with Crippen molar-refractivity contribution in [2.45, 2.75) is 25.7 Å². The smallest absolute Gasteiger partial charge is 0.248 e. The molecular formula is C21H22Cl2N4O2. The number of H-pyrrole nitrogens is 1. The molecule has 0 bridgehead atoms. The molecule has 0 unspecified atom stereocenters. The van der Waals surface area contributed by atoms with Crippen molar-refractivity contribution in [1.29, 1.82) is 0 Å². The lowest BCUT2D eigenvalue weighted by Crippen LogP contribution is -2.44. The fourth-order valence-corrected chi connectivity index (χ4v) is 5.44. The molecule has 2 N–H and O–H groups in total. The van der Waals surface area contributed by atoms with Gasteiger partial charge in [0.1, 0.15) is 6.61 Å². The Balaban J connectivity index is 1.55. The number of halogens is 2. The molecule has 1 aliphatic carbocycles. The van der Waals surface area contributed by atoms with E-state index in [4.69, 9.17) is 28.3 Å². The predicted octanol–water partition coefficient (Wildman–Crippen LogP) is 3.57. The van der Waals surface area contributed by atoms with Crippen molar-refractivity contribution in [3.05, 3.63) is 39.6 Å². The number of piperidine rings is 1. The molecule has 0 radical (unpaired) electrons. The van der Waals surface area contributed by atoms with Gasteiger partial charge >= 0.3 is 0 Å². The van der Waals surface area contributed by atoms with Gasteiger partial charge in [-0.05, 0) is 48.8 Å². The molecule has 1 aromatic carbocycles. The van der Waals surface area contributed by atoms with Crippen molar-refractivity contribution in [3.8, 4) is 11.3 Å². The fourth-order valence-electron chi connectivity index (χ4n) is 5.04. The van der Waals surface area contributed by atoms with Crippen LogP contribution in [0.2, 0.25) is 10.0 Å². The number of aliphatic hydroxyl groups excluding tert-OH is 1. The lowest BCUT2D eigenvalue weighted by atomic mass is 9.75. The number of aromatic amines is 1. The molecule has 8 heteroatoms. The number of carbonyl (C=O) groups is 1. The number of likely N-dealkylation sites (tertiary alicyclic amines) is 1. The topological polar surface area (TPSA) is 74.2 Å². The van der Waals surface area contributed by atoms with Gasteiger partial charge in [-0.1, -0.05) is 23.2 Å². The van der Waals surface area contributed by atoms with Crippen molar-refractivity contribution >= 4 is 40.0 Å². The van der Waals surface area contributed by atoms with Gasteiger partial charge in [0.15, 0.2) is 0 Å². The molecule has 3 heterocycles. The minimum atomic E-state index is -0.413. The zero-order chi connectivity index (χ0) is 20.3. The summed E-state index contributed by atoms with van der Waals surface area (Å²) in [6.45, 7) is 0.978. The Labute approximate surface area is 178 Å². The van der Waals surface area contributed by atoms with Crippen LogP contribution in [0.3, 0.4) is 0 Å². The van der Waals surface area contributed by atoms with Crippen LogP contribution in [0, 0.1) is 5.41 Å². The lowest BCUT2D eigenvalue weighted by Gasteiger charge is -2.39. The van der Waals surface area contributed by atoms with E-state index in [-0.39, 0.29) is 11.3 Å². The molecule has 1 fully saturated rings. The van der Waals surface area contributed by atoms with E-state index in [1.807, 2.05) is 25.4 Å². The third-order valence-corrected chi connectivity index (χ3v) is 7.35. The standard InChI is InChI=1S/C21H22Cl2N4O2/c1-26-5-2-15(25-26)12-8-14(22)19(23)20-18(12)13-9-21(10-16(13)24-20)3-6-27(7-4-21)17(29)11-28/h2,5,8,24,28H,3-4,6-7,9-11H2,1H3. The molecule has 1 spiro atoms. The van der Waals surface area contributed by atoms with Crippen LogP contribution in [-0.4, -0.2) is 50.4 Å². The van der Waals surface area contributed by atoms with Crippen LogP contribution in [0.5, 0.6) is 0 Å². The van der Waals surface area contributed by atoms with E-state index < -0.39 is 6.61 Å². The van der Waals surface area contributed by atoms with Gasteiger partial charge in [0.05, 0.1) is 21.3 Å². The Morgan fingerprint density at radius 2 is 2.07 bits per heavy atom. The molecule has 2 aromatic heterocycles. The normalized spacial score (nSPS) is 18.0. The van der Waals surface area contributed by atoms with E-state index >= 15 is 0 Å². The van der Waals surface area contributed by atoms with Gasteiger partial charge in [-0.3, -0.25) is 9.48 Å². The highest BCUT2D eigenvalue weighted by molar-refractivity contribution is 6.45. The maximum Gasteiger partial charge on any atom is 0.248 e. The second kappa shape index (κ2) is 6.76. The first kappa shape index (κ1) is 19.0. The number of hydrogen-bond donors (Lipinski definition) is 2. The van der Waals surface area contributed by atoms with Crippen LogP contribution in [0.4, 0.5) is 0 Å². The number of carbonyl (C=O) groups excluding carboxylic acids is 1. The number of benzene rings is 1. The minimum Gasteiger partial charge on any atom is -0.387 e. The molecule has 0 atom stereocenters. The van der Waals surface area contributed by atoms with Gasteiger partial charge in [0, 0.05) is 43.0 Å². The monoisotopic (exact) mass is 432 g/mol. The average molecular weight is 433 g/mol. The summed E-state index contributed by atoms with van der Waals surface area (Å²) in [4.78, 5) is 17.1. The number of amides is 1. The minimum absolute atomic E-state index is 0.148. The molecule has 152 valence electrons. The number of nitrogens with zero attached hydrogens (tertiary/aromatic N) is 3. The highest BCUT2D eigenvalue weighted by Crippen LogP contribution is 2.50. The number of nitrogens with one attached hydrogen (secondary N) is 1. The van der Waals surface area contributed by atoms with Crippen LogP contribution < -0.4 is 0 Å². The van der Waals surface area contributed by atoms with Crippen LogP contribution in [0.25, 0.3) is 22.2 Å². The Bertz CT molecular complexity index is 1130. The lowest BCUT2D eigenvalue weighted by molar-refractivity contribution is -0.136. The first-order chi connectivity index (χ1) is 13.9. The molecule has 1 saturated heterocycles. The summed E-state index contributed by atoms with van der Waals surface area (Å²) in [6.07, 6.45) is 5.67. The van der Waals surface area contributed by atoms with Crippen molar-refractivity contribution in [2.75, 3.05) is 19.7 Å². The molecule has 5 rings (SSSR count). The first-order valence-corrected chi connectivity index (χ1v) is 10.6. The first-order valence-electron chi connectivity index (χ1n) is 9.81. The zero-order valence-corrected chi connectivity index (χ0v) is 17.6. The number of fused-ring (bicyclic) bond motifs is 3. The maximum atomic E-state index is 11.8. The van der Waals surface area contributed by atoms with E-state index in [0.29, 0.717) is 23.1 Å². The van der Waals surface area contributed by atoms with E-state index in [0.717, 1.165) is 47.8 Å². The molecule has 1 aliphatic heterocycles. The molecule has 29 heavy (non-hydrogen) atoms. The predicted molar refractivity (Wildman–Crippen MR) is 113 cm³/mol. The zero-order valence-electron chi connectivity index (χ0n) is 16.1. The van der Waals surface area contributed by atoms with Gasteiger partial charge < -0.3 is 15.0 Å². The Morgan fingerprint density at radius 1 is 1.31 bits per heavy atom. The van der Waals surface area contributed by atoms with Crippen molar-refractivity contribution < 1.29 is 9.90 Å². The number of rotatable bonds is 2. The summed E-state index contributed by atoms with van der Waals surface area (Å²) < 4.78 is 1.78. The van der Waals surface area contributed by atoms with Crippen LogP contribution >= 0.6 is 23.2 Å². The second-order valence-electron chi connectivity index (χ2n) is 8.32. The van der Waals surface area contributed by atoms with E-state index in [9.17, 15) is 4.79 Å². The van der Waals surface area contributed by atoms with Gasteiger partial charge in [0.25, 0.3) is 0 Å². The van der Waals surface area contributed by atoms with Crippen LogP contribution in [0.1, 0.15) is 24.1 Å². The molecule has 2 aliphatic rings. The summed E-state index contributed by atoms with van der Waals surface area (Å²) in [6, 6.07) is 3.90.